The fraction of sp³-hybridized carbons (Fsp3) is 0.636. The van der Waals surface area contributed by atoms with E-state index in [-0.39, 0.29) is 6.23 Å². The molecule has 0 aromatic heterocycles. The Hall–Kier alpha value is -0.600. The lowest BCUT2D eigenvalue weighted by Gasteiger charge is -2.18. The zero-order valence-corrected chi connectivity index (χ0v) is 8.74. The molecule has 0 radical (unpaired) electrons. The minimum atomic E-state index is -0.336. The second kappa shape index (κ2) is 8.02. The van der Waals surface area contributed by atoms with Crippen molar-refractivity contribution in [2.75, 3.05) is 13.6 Å². The van der Waals surface area contributed by atoms with Crippen LogP contribution in [0.5, 0.6) is 0 Å². The quantitative estimate of drug-likeness (QED) is 0.371. The lowest BCUT2D eigenvalue weighted by atomic mass is 10.2. The standard InChI is InChI=1S/C11H21NO/c1-4-5-6-7-8-9-10-12(3)11(2)13/h4,6-7,11,13H,1,5,8-10H2,2-3H3/b7-6+. The number of rotatable bonds is 7. The van der Waals surface area contributed by atoms with Gasteiger partial charge in [0.2, 0.25) is 0 Å². The van der Waals surface area contributed by atoms with Crippen LogP contribution in [0.15, 0.2) is 24.8 Å². The van der Waals surface area contributed by atoms with Gasteiger partial charge in [-0.05, 0) is 33.2 Å². The molecule has 1 N–H and O–H groups in total. The van der Waals surface area contributed by atoms with Crippen molar-refractivity contribution in [3.63, 3.8) is 0 Å². The van der Waals surface area contributed by atoms with E-state index in [1.807, 2.05) is 18.0 Å². The lowest BCUT2D eigenvalue weighted by molar-refractivity contribution is 0.0380. The van der Waals surface area contributed by atoms with E-state index in [2.05, 4.69) is 18.7 Å². The van der Waals surface area contributed by atoms with E-state index in [9.17, 15) is 0 Å². The van der Waals surface area contributed by atoms with E-state index >= 15 is 0 Å². The molecule has 0 heterocycles. The second-order valence-electron chi connectivity index (χ2n) is 3.25. The molecule has 0 aliphatic rings. The maximum Gasteiger partial charge on any atom is 0.104 e. The van der Waals surface area contributed by atoms with Gasteiger partial charge in [-0.3, -0.25) is 4.90 Å². The van der Waals surface area contributed by atoms with Crippen molar-refractivity contribution in [2.24, 2.45) is 0 Å². The first-order chi connectivity index (χ1) is 6.18. The van der Waals surface area contributed by atoms with Crippen molar-refractivity contribution in [1.29, 1.82) is 0 Å². The molecular weight excluding hydrogens is 162 g/mol. The maximum atomic E-state index is 9.16. The van der Waals surface area contributed by atoms with E-state index in [4.69, 9.17) is 5.11 Å². The Morgan fingerprint density at radius 3 is 2.69 bits per heavy atom. The Morgan fingerprint density at radius 2 is 2.15 bits per heavy atom. The summed E-state index contributed by atoms with van der Waals surface area (Å²) in [7, 11) is 1.93. The molecule has 0 saturated carbocycles. The van der Waals surface area contributed by atoms with Crippen LogP contribution in [0.2, 0.25) is 0 Å². The van der Waals surface area contributed by atoms with Crippen LogP contribution in [-0.2, 0) is 0 Å². The Balaban J connectivity index is 3.29. The molecule has 13 heavy (non-hydrogen) atoms. The molecule has 1 unspecified atom stereocenters. The molecule has 0 aromatic rings. The molecule has 0 fully saturated rings. The molecule has 2 nitrogen and oxygen atoms in total. The van der Waals surface area contributed by atoms with E-state index in [1.54, 1.807) is 6.92 Å². The Kier molecular flexibility index (Phi) is 7.65. The highest BCUT2D eigenvalue weighted by molar-refractivity contribution is 4.88. The van der Waals surface area contributed by atoms with Gasteiger partial charge < -0.3 is 5.11 Å². The molecule has 0 amide bonds. The van der Waals surface area contributed by atoms with Crippen LogP contribution >= 0.6 is 0 Å². The fourth-order valence-electron chi connectivity index (χ4n) is 0.956. The van der Waals surface area contributed by atoms with Crippen molar-refractivity contribution >= 4 is 0 Å². The zero-order valence-electron chi connectivity index (χ0n) is 8.74. The van der Waals surface area contributed by atoms with E-state index < -0.39 is 0 Å². The number of hydrogen-bond acceptors (Lipinski definition) is 2. The summed E-state index contributed by atoms with van der Waals surface area (Å²) in [6.07, 6.45) is 8.95. The highest BCUT2D eigenvalue weighted by atomic mass is 16.3. The SMILES string of the molecule is C=CC/C=C/CCCN(C)C(C)O. The molecule has 1 atom stereocenters. The van der Waals surface area contributed by atoms with Crippen LogP contribution in [0.4, 0.5) is 0 Å². The predicted octanol–water partition coefficient (Wildman–Crippen LogP) is 2.17. The lowest BCUT2D eigenvalue weighted by Crippen LogP contribution is -2.29. The summed E-state index contributed by atoms with van der Waals surface area (Å²) in [6, 6.07) is 0. The van der Waals surface area contributed by atoms with Crippen molar-refractivity contribution < 1.29 is 5.11 Å². The second-order valence-corrected chi connectivity index (χ2v) is 3.25. The normalized spacial score (nSPS) is 13.8. The van der Waals surface area contributed by atoms with Crippen molar-refractivity contribution in [1.82, 2.24) is 4.90 Å². The van der Waals surface area contributed by atoms with Crippen molar-refractivity contribution in [3.8, 4) is 0 Å². The number of unbranched alkanes of at least 4 members (excludes halogenated alkanes) is 1. The molecule has 0 saturated heterocycles. The molecule has 0 aromatic carbocycles. The maximum absolute atomic E-state index is 9.16. The average molecular weight is 183 g/mol. The summed E-state index contributed by atoms with van der Waals surface area (Å²) in [4.78, 5) is 1.93. The number of aliphatic hydroxyl groups excluding tert-OH is 1. The number of hydrogen-bond donors (Lipinski definition) is 1. The average Bonchev–Trinajstić information content (AvgIpc) is 2.10. The van der Waals surface area contributed by atoms with Gasteiger partial charge in [-0.25, -0.2) is 0 Å². The topological polar surface area (TPSA) is 23.5 Å². The van der Waals surface area contributed by atoms with Crippen LogP contribution < -0.4 is 0 Å². The van der Waals surface area contributed by atoms with Gasteiger partial charge in [0, 0.05) is 6.54 Å². The summed E-state index contributed by atoms with van der Waals surface area (Å²) in [5.41, 5.74) is 0. The van der Waals surface area contributed by atoms with Crippen LogP contribution in [0.3, 0.4) is 0 Å². The first-order valence-corrected chi connectivity index (χ1v) is 4.82. The summed E-state index contributed by atoms with van der Waals surface area (Å²) in [5, 5.41) is 9.16. The number of allylic oxidation sites excluding steroid dienone is 3. The number of aliphatic hydroxyl groups is 1. The summed E-state index contributed by atoms with van der Waals surface area (Å²) in [6.45, 7) is 6.36. The van der Waals surface area contributed by atoms with Crippen LogP contribution in [0.25, 0.3) is 0 Å². The third-order valence-corrected chi connectivity index (χ3v) is 1.99. The van der Waals surface area contributed by atoms with Gasteiger partial charge >= 0.3 is 0 Å². The van der Waals surface area contributed by atoms with Gasteiger partial charge in [0.25, 0.3) is 0 Å². The molecule has 0 aliphatic carbocycles. The highest BCUT2D eigenvalue weighted by Gasteiger charge is 2.01. The summed E-state index contributed by atoms with van der Waals surface area (Å²) < 4.78 is 0. The smallest absolute Gasteiger partial charge is 0.104 e. The third-order valence-electron chi connectivity index (χ3n) is 1.99. The van der Waals surface area contributed by atoms with E-state index in [1.165, 1.54) is 0 Å². The fourth-order valence-corrected chi connectivity index (χ4v) is 0.956. The molecule has 0 rings (SSSR count). The third kappa shape index (κ3) is 7.75. The largest absolute Gasteiger partial charge is 0.379 e. The van der Waals surface area contributed by atoms with Crippen LogP contribution in [-0.4, -0.2) is 29.8 Å². The molecule has 0 spiro atoms. The summed E-state index contributed by atoms with van der Waals surface area (Å²) in [5.74, 6) is 0. The zero-order chi connectivity index (χ0) is 10.1. The molecule has 2 heteroatoms. The van der Waals surface area contributed by atoms with Crippen LogP contribution in [0.1, 0.15) is 26.2 Å². The molecule has 76 valence electrons. The van der Waals surface area contributed by atoms with E-state index in [0.29, 0.717) is 0 Å². The summed E-state index contributed by atoms with van der Waals surface area (Å²) >= 11 is 0. The van der Waals surface area contributed by atoms with Crippen molar-refractivity contribution in [3.05, 3.63) is 24.8 Å². The minimum Gasteiger partial charge on any atom is -0.379 e. The van der Waals surface area contributed by atoms with Crippen molar-refractivity contribution in [2.45, 2.75) is 32.4 Å². The van der Waals surface area contributed by atoms with Gasteiger partial charge in [-0.2, -0.15) is 0 Å². The van der Waals surface area contributed by atoms with Gasteiger partial charge in [0.05, 0.1) is 0 Å². The predicted molar refractivity (Wildman–Crippen MR) is 57.5 cm³/mol. The molecule has 0 bridgehead atoms. The van der Waals surface area contributed by atoms with Gasteiger partial charge in [-0.15, -0.1) is 6.58 Å². The minimum absolute atomic E-state index is 0.336. The Morgan fingerprint density at radius 1 is 1.46 bits per heavy atom. The van der Waals surface area contributed by atoms with Gasteiger partial charge in [-0.1, -0.05) is 18.2 Å². The monoisotopic (exact) mass is 183 g/mol. The van der Waals surface area contributed by atoms with E-state index in [0.717, 1.165) is 25.8 Å². The first kappa shape index (κ1) is 12.4. The molecular formula is C11H21NO. The van der Waals surface area contributed by atoms with Gasteiger partial charge in [0.15, 0.2) is 0 Å². The Bertz CT molecular complexity index is 152. The molecule has 0 aliphatic heterocycles. The van der Waals surface area contributed by atoms with Crippen LogP contribution in [0, 0.1) is 0 Å². The Labute approximate surface area is 81.6 Å². The highest BCUT2D eigenvalue weighted by Crippen LogP contribution is 1.98. The van der Waals surface area contributed by atoms with Gasteiger partial charge in [0.1, 0.15) is 6.23 Å². The number of nitrogens with zero attached hydrogens (tertiary/aromatic N) is 1. The first-order valence-electron chi connectivity index (χ1n) is 4.82.